The molecule has 1 amide bonds. The highest BCUT2D eigenvalue weighted by molar-refractivity contribution is 5.78. The predicted octanol–water partition coefficient (Wildman–Crippen LogP) is 3.04. The first-order chi connectivity index (χ1) is 10.9. The molecule has 1 aliphatic heterocycles. The van der Waals surface area contributed by atoms with Crippen molar-refractivity contribution in [3.8, 4) is 0 Å². The number of rotatable bonds is 1. The SMILES string of the molecule is C[C@]12CC[C@H]3[C@@H](CCC4OC(=O)CC[C@@]43C)[C@@H]1CC[C@@H]2C(N)=O. The first-order valence-electron chi connectivity index (χ1n) is 9.35. The summed E-state index contributed by atoms with van der Waals surface area (Å²) in [6, 6.07) is 0. The Bertz CT molecular complexity index is 547. The van der Waals surface area contributed by atoms with Gasteiger partial charge in [0, 0.05) is 17.8 Å². The van der Waals surface area contributed by atoms with Gasteiger partial charge in [-0.2, -0.15) is 0 Å². The number of primary amides is 1. The molecule has 3 saturated carbocycles. The molecule has 2 N–H and O–H groups in total. The van der Waals surface area contributed by atoms with Gasteiger partial charge in [-0.15, -0.1) is 0 Å². The molecule has 4 aliphatic rings. The molecule has 1 saturated heterocycles. The molecular formula is C19H29NO3. The van der Waals surface area contributed by atoms with Crippen LogP contribution in [0.15, 0.2) is 0 Å². The fourth-order valence-corrected chi connectivity index (χ4v) is 7.02. The summed E-state index contributed by atoms with van der Waals surface area (Å²) in [5, 5.41) is 0. The molecule has 1 unspecified atom stereocenters. The third-order valence-corrected chi connectivity index (χ3v) is 8.27. The van der Waals surface area contributed by atoms with E-state index < -0.39 is 0 Å². The zero-order valence-electron chi connectivity index (χ0n) is 14.3. The van der Waals surface area contributed by atoms with Gasteiger partial charge in [-0.25, -0.2) is 0 Å². The molecular weight excluding hydrogens is 290 g/mol. The minimum Gasteiger partial charge on any atom is -0.462 e. The topological polar surface area (TPSA) is 69.4 Å². The van der Waals surface area contributed by atoms with Gasteiger partial charge in [0.05, 0.1) is 0 Å². The maximum absolute atomic E-state index is 11.9. The van der Waals surface area contributed by atoms with Gasteiger partial charge in [0.1, 0.15) is 6.10 Å². The largest absolute Gasteiger partial charge is 0.462 e. The second kappa shape index (κ2) is 4.97. The predicted molar refractivity (Wildman–Crippen MR) is 86.2 cm³/mol. The van der Waals surface area contributed by atoms with Crippen LogP contribution in [0.5, 0.6) is 0 Å². The lowest BCUT2D eigenvalue weighted by atomic mass is 9.47. The van der Waals surface area contributed by atoms with E-state index in [4.69, 9.17) is 10.5 Å². The number of carbonyl (C=O) groups excluding carboxylic acids is 2. The van der Waals surface area contributed by atoms with Crippen molar-refractivity contribution in [2.75, 3.05) is 0 Å². The number of fused-ring (bicyclic) bond motifs is 5. The van der Waals surface area contributed by atoms with Gasteiger partial charge in [0.25, 0.3) is 0 Å². The van der Waals surface area contributed by atoms with Crippen LogP contribution >= 0.6 is 0 Å². The number of nitrogens with two attached hydrogens (primary N) is 1. The molecule has 4 heteroatoms. The van der Waals surface area contributed by atoms with Gasteiger partial charge in [-0.1, -0.05) is 13.8 Å². The van der Waals surface area contributed by atoms with Crippen LogP contribution < -0.4 is 5.73 Å². The van der Waals surface area contributed by atoms with Crippen molar-refractivity contribution in [1.29, 1.82) is 0 Å². The van der Waals surface area contributed by atoms with Gasteiger partial charge >= 0.3 is 5.97 Å². The smallest absolute Gasteiger partial charge is 0.306 e. The minimum atomic E-state index is -0.0973. The molecule has 0 spiro atoms. The Morgan fingerprint density at radius 1 is 1.04 bits per heavy atom. The molecule has 23 heavy (non-hydrogen) atoms. The average molecular weight is 319 g/mol. The lowest BCUT2D eigenvalue weighted by Gasteiger charge is -2.59. The second-order valence-electron chi connectivity index (χ2n) is 9.02. The molecule has 3 aliphatic carbocycles. The Morgan fingerprint density at radius 3 is 2.52 bits per heavy atom. The summed E-state index contributed by atoms with van der Waals surface area (Å²) < 4.78 is 5.73. The van der Waals surface area contributed by atoms with Gasteiger partial charge in [-0.05, 0) is 68.1 Å². The molecule has 1 heterocycles. The minimum absolute atomic E-state index is 0.0127. The summed E-state index contributed by atoms with van der Waals surface area (Å²) in [4.78, 5) is 23.6. The molecule has 0 bridgehead atoms. The molecule has 0 aromatic heterocycles. The summed E-state index contributed by atoms with van der Waals surface area (Å²) in [5.41, 5.74) is 5.95. The van der Waals surface area contributed by atoms with Crippen LogP contribution in [-0.2, 0) is 14.3 Å². The van der Waals surface area contributed by atoms with Gasteiger partial charge in [0.2, 0.25) is 5.91 Å². The van der Waals surface area contributed by atoms with E-state index >= 15 is 0 Å². The van der Waals surface area contributed by atoms with E-state index in [1.807, 2.05) is 0 Å². The molecule has 4 fully saturated rings. The van der Waals surface area contributed by atoms with Gasteiger partial charge in [0.15, 0.2) is 0 Å². The zero-order chi connectivity index (χ0) is 16.4. The van der Waals surface area contributed by atoms with Crippen molar-refractivity contribution >= 4 is 11.9 Å². The lowest BCUT2D eigenvalue weighted by molar-refractivity contribution is -0.192. The third kappa shape index (κ3) is 2.02. The number of amides is 1. The highest BCUT2D eigenvalue weighted by Crippen LogP contribution is 2.65. The van der Waals surface area contributed by atoms with Crippen molar-refractivity contribution in [3.05, 3.63) is 0 Å². The summed E-state index contributed by atoms with van der Waals surface area (Å²) in [7, 11) is 0. The van der Waals surface area contributed by atoms with Crippen LogP contribution in [0.4, 0.5) is 0 Å². The molecule has 4 nitrogen and oxygen atoms in total. The number of hydrogen-bond acceptors (Lipinski definition) is 3. The molecule has 0 aromatic rings. The van der Waals surface area contributed by atoms with Gasteiger partial charge < -0.3 is 10.5 Å². The van der Waals surface area contributed by atoms with Crippen LogP contribution in [0, 0.1) is 34.5 Å². The van der Waals surface area contributed by atoms with Crippen LogP contribution in [0.3, 0.4) is 0 Å². The molecule has 128 valence electrons. The monoisotopic (exact) mass is 319 g/mol. The van der Waals surface area contributed by atoms with Crippen LogP contribution in [-0.4, -0.2) is 18.0 Å². The van der Waals surface area contributed by atoms with E-state index in [-0.39, 0.29) is 34.7 Å². The van der Waals surface area contributed by atoms with E-state index in [1.54, 1.807) is 0 Å². The molecule has 0 aromatic carbocycles. The first kappa shape index (κ1) is 15.5. The van der Waals surface area contributed by atoms with E-state index in [1.165, 1.54) is 0 Å². The second-order valence-corrected chi connectivity index (χ2v) is 9.02. The van der Waals surface area contributed by atoms with Crippen molar-refractivity contribution in [1.82, 2.24) is 0 Å². The molecule has 7 atom stereocenters. The van der Waals surface area contributed by atoms with Crippen LogP contribution in [0.2, 0.25) is 0 Å². The third-order valence-electron chi connectivity index (χ3n) is 8.27. The maximum atomic E-state index is 11.9. The first-order valence-corrected chi connectivity index (χ1v) is 9.35. The summed E-state index contributed by atoms with van der Waals surface area (Å²) in [5.74, 6) is 1.88. The highest BCUT2D eigenvalue weighted by atomic mass is 16.5. The quantitative estimate of drug-likeness (QED) is 0.755. The number of hydrogen-bond donors (Lipinski definition) is 1. The Balaban J connectivity index is 1.63. The molecule has 0 radical (unpaired) electrons. The number of carbonyl (C=O) groups is 2. The Labute approximate surface area is 138 Å². The van der Waals surface area contributed by atoms with E-state index in [9.17, 15) is 9.59 Å². The molecule has 4 rings (SSSR count). The fraction of sp³-hybridized carbons (Fsp3) is 0.895. The fourth-order valence-electron chi connectivity index (χ4n) is 7.02. The van der Waals surface area contributed by atoms with Crippen LogP contribution in [0.1, 0.15) is 65.2 Å². The summed E-state index contributed by atoms with van der Waals surface area (Å²) in [6.07, 6.45) is 8.17. The van der Waals surface area contributed by atoms with Crippen molar-refractivity contribution in [2.24, 2.45) is 40.2 Å². The number of esters is 1. The Hall–Kier alpha value is -1.06. The van der Waals surface area contributed by atoms with Crippen molar-refractivity contribution < 1.29 is 14.3 Å². The maximum Gasteiger partial charge on any atom is 0.306 e. The van der Waals surface area contributed by atoms with E-state index in [0.717, 1.165) is 44.9 Å². The highest BCUT2D eigenvalue weighted by Gasteiger charge is 2.61. The summed E-state index contributed by atoms with van der Waals surface area (Å²) >= 11 is 0. The van der Waals surface area contributed by atoms with Crippen LogP contribution in [0.25, 0.3) is 0 Å². The zero-order valence-corrected chi connectivity index (χ0v) is 14.3. The normalized spacial score (nSPS) is 52.1. The number of ether oxygens (including phenoxy) is 1. The summed E-state index contributed by atoms with van der Waals surface area (Å²) in [6.45, 7) is 4.66. The van der Waals surface area contributed by atoms with E-state index in [0.29, 0.717) is 24.2 Å². The van der Waals surface area contributed by atoms with Crippen molar-refractivity contribution in [2.45, 2.75) is 71.3 Å². The van der Waals surface area contributed by atoms with Gasteiger partial charge in [-0.3, -0.25) is 9.59 Å². The van der Waals surface area contributed by atoms with E-state index in [2.05, 4.69) is 13.8 Å². The Kier molecular flexibility index (Phi) is 3.34. The lowest BCUT2D eigenvalue weighted by Crippen LogP contribution is -2.56. The Morgan fingerprint density at radius 2 is 1.78 bits per heavy atom. The average Bonchev–Trinajstić information content (AvgIpc) is 2.85. The standard InChI is InChI=1S/C19H29NO3/c1-18-9-7-13-11(12(18)4-5-14(18)17(20)22)3-6-15-19(13,2)10-8-16(21)23-15/h11-15H,3-10H2,1-2H3,(H2,20,22)/t11-,12-,13-,14+,15?,18-,19+/m0/s1. The van der Waals surface area contributed by atoms with Crippen molar-refractivity contribution in [3.63, 3.8) is 0 Å².